The number of fused-ring (bicyclic) bond motifs is 1. The van der Waals surface area contributed by atoms with Gasteiger partial charge in [-0.2, -0.15) is 17.9 Å². The highest BCUT2D eigenvalue weighted by Gasteiger charge is 2.43. The van der Waals surface area contributed by atoms with Crippen LogP contribution in [0.25, 0.3) is 11.0 Å². The van der Waals surface area contributed by atoms with Crippen molar-refractivity contribution in [1.29, 1.82) is 0 Å². The number of hydrogen-bond donors (Lipinski definition) is 1. The molecule has 0 aliphatic carbocycles. The Labute approximate surface area is 161 Å². The topological polar surface area (TPSA) is 64.0 Å². The van der Waals surface area contributed by atoms with Gasteiger partial charge in [0.15, 0.2) is 0 Å². The van der Waals surface area contributed by atoms with Crippen LogP contribution in [-0.4, -0.2) is 30.2 Å². The molecule has 0 amide bonds. The summed E-state index contributed by atoms with van der Waals surface area (Å²) in [4.78, 5) is 3.96. The number of halogens is 3. The van der Waals surface area contributed by atoms with E-state index in [9.17, 15) is 21.6 Å². The summed E-state index contributed by atoms with van der Waals surface area (Å²) in [6, 6.07) is 6.01. The van der Waals surface area contributed by atoms with Gasteiger partial charge < -0.3 is 4.57 Å². The molecule has 0 aliphatic rings. The van der Waals surface area contributed by atoms with Crippen LogP contribution in [0.5, 0.6) is 0 Å². The Morgan fingerprint density at radius 2 is 1.79 bits per heavy atom. The van der Waals surface area contributed by atoms with Crippen molar-refractivity contribution in [2.75, 3.05) is 0 Å². The molecule has 0 spiro atoms. The fraction of sp³-hybridized carbons (Fsp3) is 0.316. The zero-order chi connectivity index (χ0) is 20.7. The van der Waals surface area contributed by atoms with Gasteiger partial charge in [-0.1, -0.05) is 17.7 Å². The van der Waals surface area contributed by atoms with Crippen molar-refractivity contribution in [1.82, 2.24) is 14.3 Å². The van der Waals surface area contributed by atoms with Crippen LogP contribution in [0.4, 0.5) is 13.2 Å². The summed E-state index contributed by atoms with van der Waals surface area (Å²) in [5.74, 6) is 0. The summed E-state index contributed by atoms with van der Waals surface area (Å²) < 4.78 is 69.7. The molecular formula is C19H20F3N3O2S. The molecule has 2 aromatic heterocycles. The first-order valence-electron chi connectivity index (χ1n) is 8.56. The molecule has 0 aliphatic heterocycles. The summed E-state index contributed by atoms with van der Waals surface area (Å²) in [5.41, 5.74) is 2.00. The van der Waals surface area contributed by atoms with Crippen LogP contribution >= 0.6 is 0 Å². The van der Waals surface area contributed by atoms with E-state index in [2.05, 4.69) is 4.98 Å². The number of nitrogens with one attached hydrogen (secondary N) is 1. The lowest BCUT2D eigenvalue weighted by atomic mass is 10.1. The van der Waals surface area contributed by atoms with Crippen LogP contribution in [0, 0.1) is 20.8 Å². The van der Waals surface area contributed by atoms with Gasteiger partial charge in [0.25, 0.3) is 0 Å². The molecule has 0 radical (unpaired) electrons. The van der Waals surface area contributed by atoms with Gasteiger partial charge in [0.1, 0.15) is 11.7 Å². The number of aryl methyl sites for hydroxylation is 3. The lowest BCUT2D eigenvalue weighted by molar-refractivity contribution is -0.154. The minimum Gasteiger partial charge on any atom is -0.331 e. The Morgan fingerprint density at radius 1 is 1.14 bits per heavy atom. The average Bonchev–Trinajstić information content (AvgIpc) is 2.95. The maximum atomic E-state index is 13.7. The second-order valence-corrected chi connectivity index (χ2v) is 8.48. The molecule has 0 saturated heterocycles. The first kappa shape index (κ1) is 20.3. The third-order valence-corrected chi connectivity index (χ3v) is 6.24. The Kier molecular flexibility index (Phi) is 5.24. The van der Waals surface area contributed by atoms with Crippen LogP contribution in [-0.2, 0) is 16.6 Å². The van der Waals surface area contributed by atoms with E-state index in [1.807, 2.05) is 4.72 Å². The van der Waals surface area contributed by atoms with E-state index in [-0.39, 0.29) is 4.90 Å². The number of aromatic nitrogens is 2. The lowest BCUT2D eigenvalue weighted by Crippen LogP contribution is -2.48. The van der Waals surface area contributed by atoms with E-state index in [1.165, 1.54) is 17.0 Å². The predicted molar refractivity (Wildman–Crippen MR) is 101 cm³/mol. The van der Waals surface area contributed by atoms with Crippen molar-refractivity contribution in [3.63, 3.8) is 0 Å². The minimum absolute atomic E-state index is 0.122. The van der Waals surface area contributed by atoms with Gasteiger partial charge in [-0.15, -0.1) is 0 Å². The SMILES string of the molecule is Cc1cc(C)c(S(=O)(=O)NC(Cn2ccc3cccnc32)C(F)(F)F)c(C)c1. The minimum atomic E-state index is -4.77. The maximum absolute atomic E-state index is 13.7. The molecular weight excluding hydrogens is 391 g/mol. The second kappa shape index (κ2) is 7.21. The molecule has 150 valence electrons. The van der Waals surface area contributed by atoms with Crippen molar-refractivity contribution >= 4 is 21.1 Å². The molecule has 0 fully saturated rings. The molecule has 0 bridgehead atoms. The number of alkyl halides is 3. The van der Waals surface area contributed by atoms with E-state index < -0.39 is 28.8 Å². The third-order valence-electron chi connectivity index (χ3n) is 4.47. The monoisotopic (exact) mass is 411 g/mol. The van der Waals surface area contributed by atoms with Gasteiger partial charge in [0.05, 0.1) is 4.90 Å². The third kappa shape index (κ3) is 4.05. The smallest absolute Gasteiger partial charge is 0.331 e. The number of rotatable bonds is 5. The number of sulfonamides is 1. The van der Waals surface area contributed by atoms with Crippen molar-refractivity contribution < 1.29 is 21.6 Å². The molecule has 1 aromatic carbocycles. The number of nitrogens with zero attached hydrogens (tertiary/aromatic N) is 2. The Hall–Kier alpha value is -2.39. The van der Waals surface area contributed by atoms with Gasteiger partial charge in [0.2, 0.25) is 10.0 Å². The second-order valence-electron chi connectivity index (χ2n) is 6.83. The molecule has 28 heavy (non-hydrogen) atoms. The highest BCUT2D eigenvalue weighted by Crippen LogP contribution is 2.27. The summed E-state index contributed by atoms with van der Waals surface area (Å²) >= 11 is 0. The molecule has 5 nitrogen and oxygen atoms in total. The van der Waals surface area contributed by atoms with Gasteiger partial charge in [-0.25, -0.2) is 13.4 Å². The van der Waals surface area contributed by atoms with Crippen molar-refractivity contribution in [2.45, 2.75) is 44.4 Å². The quantitative estimate of drug-likeness (QED) is 0.693. The Bertz CT molecular complexity index is 1100. The zero-order valence-corrected chi connectivity index (χ0v) is 16.4. The molecule has 3 rings (SSSR count). The fourth-order valence-corrected chi connectivity index (χ4v) is 5.08. The first-order chi connectivity index (χ1) is 13.0. The largest absolute Gasteiger partial charge is 0.406 e. The highest BCUT2D eigenvalue weighted by molar-refractivity contribution is 7.89. The summed E-state index contributed by atoms with van der Waals surface area (Å²) in [6.07, 6.45) is -1.83. The van der Waals surface area contributed by atoms with Crippen LogP contribution in [0.3, 0.4) is 0 Å². The first-order valence-corrected chi connectivity index (χ1v) is 10.0. The Balaban J connectivity index is 1.98. The number of pyridine rings is 1. The normalized spacial score (nSPS) is 13.8. The van der Waals surface area contributed by atoms with E-state index in [1.54, 1.807) is 51.1 Å². The van der Waals surface area contributed by atoms with Crippen LogP contribution < -0.4 is 4.72 Å². The van der Waals surface area contributed by atoms with Crippen molar-refractivity contribution in [3.05, 3.63) is 59.4 Å². The summed E-state index contributed by atoms with van der Waals surface area (Å²) in [6.45, 7) is 4.32. The summed E-state index contributed by atoms with van der Waals surface area (Å²) in [5, 5.41) is 0.677. The van der Waals surface area contributed by atoms with Crippen LogP contribution in [0.2, 0.25) is 0 Å². The van der Waals surface area contributed by atoms with E-state index in [0.717, 1.165) is 5.56 Å². The van der Waals surface area contributed by atoms with Gasteiger partial charge in [-0.05, 0) is 50.1 Å². The maximum Gasteiger partial charge on any atom is 0.406 e. The average molecular weight is 411 g/mol. The fourth-order valence-electron chi connectivity index (χ4n) is 3.41. The highest BCUT2D eigenvalue weighted by atomic mass is 32.2. The van der Waals surface area contributed by atoms with Gasteiger partial charge in [-0.3, -0.25) is 0 Å². The van der Waals surface area contributed by atoms with Gasteiger partial charge >= 0.3 is 6.18 Å². The van der Waals surface area contributed by atoms with Crippen LogP contribution in [0.1, 0.15) is 16.7 Å². The molecule has 9 heteroatoms. The molecule has 0 saturated carbocycles. The van der Waals surface area contributed by atoms with Crippen molar-refractivity contribution in [2.24, 2.45) is 0 Å². The molecule has 1 unspecified atom stereocenters. The van der Waals surface area contributed by atoms with E-state index in [0.29, 0.717) is 22.2 Å². The van der Waals surface area contributed by atoms with Gasteiger partial charge in [0, 0.05) is 24.3 Å². The lowest BCUT2D eigenvalue weighted by Gasteiger charge is -2.23. The Morgan fingerprint density at radius 3 is 2.39 bits per heavy atom. The number of benzene rings is 1. The zero-order valence-electron chi connectivity index (χ0n) is 15.6. The molecule has 3 aromatic rings. The van der Waals surface area contributed by atoms with E-state index >= 15 is 0 Å². The summed E-state index contributed by atoms with van der Waals surface area (Å²) in [7, 11) is -4.38. The molecule has 1 N–H and O–H groups in total. The number of hydrogen-bond acceptors (Lipinski definition) is 3. The standard InChI is InChI=1S/C19H20F3N3O2S/c1-12-9-13(2)17(14(3)10-12)28(26,27)24-16(19(20,21)22)11-25-8-6-15-5-4-7-23-18(15)25/h4-10,16,24H,11H2,1-3H3. The van der Waals surface area contributed by atoms with Crippen molar-refractivity contribution in [3.8, 4) is 0 Å². The molecule has 1 atom stereocenters. The molecule has 2 heterocycles. The van der Waals surface area contributed by atoms with E-state index in [4.69, 9.17) is 0 Å². The van der Waals surface area contributed by atoms with Crippen LogP contribution in [0.15, 0.2) is 47.6 Å². The predicted octanol–water partition coefficient (Wildman–Crippen LogP) is 3.87.